The van der Waals surface area contributed by atoms with Crippen molar-refractivity contribution in [2.75, 3.05) is 20.1 Å². The Hall–Kier alpha value is -1.20. The van der Waals surface area contributed by atoms with Crippen LogP contribution in [0.1, 0.15) is 10.4 Å². The van der Waals surface area contributed by atoms with E-state index in [-0.39, 0.29) is 10.6 Å². The zero-order valence-electron chi connectivity index (χ0n) is 8.61. The number of nitrogens with one attached hydrogen (secondary N) is 2. The lowest BCUT2D eigenvalue weighted by Gasteiger charge is -2.06. The molecule has 1 aromatic rings. The van der Waals surface area contributed by atoms with E-state index < -0.39 is 17.5 Å². The van der Waals surface area contributed by atoms with E-state index >= 15 is 0 Å². The third-order valence-corrected chi connectivity index (χ3v) is 2.20. The SMILES string of the molecule is CNCCNC(=O)c1cc(F)c(Cl)cc1F. The number of amides is 1. The molecule has 0 atom stereocenters. The molecule has 2 N–H and O–H groups in total. The molecule has 88 valence electrons. The van der Waals surface area contributed by atoms with Gasteiger partial charge in [-0.05, 0) is 19.2 Å². The maximum atomic E-state index is 13.3. The molecule has 1 amide bonds. The predicted octanol–water partition coefficient (Wildman–Crippen LogP) is 1.57. The van der Waals surface area contributed by atoms with E-state index in [9.17, 15) is 13.6 Å². The second-order valence-corrected chi connectivity index (χ2v) is 3.51. The average molecular weight is 249 g/mol. The zero-order chi connectivity index (χ0) is 12.1. The molecule has 0 aliphatic rings. The lowest BCUT2D eigenvalue weighted by molar-refractivity contribution is 0.0949. The van der Waals surface area contributed by atoms with Gasteiger partial charge in [0.15, 0.2) is 0 Å². The van der Waals surface area contributed by atoms with Crippen LogP contribution in [-0.4, -0.2) is 26.0 Å². The summed E-state index contributed by atoms with van der Waals surface area (Å²) in [6.45, 7) is 0.877. The second-order valence-electron chi connectivity index (χ2n) is 3.11. The number of halogens is 3. The Labute approximate surface area is 96.8 Å². The van der Waals surface area contributed by atoms with Gasteiger partial charge < -0.3 is 10.6 Å². The topological polar surface area (TPSA) is 41.1 Å². The molecule has 0 spiro atoms. The zero-order valence-corrected chi connectivity index (χ0v) is 9.37. The molecular formula is C10H11ClF2N2O. The lowest BCUT2D eigenvalue weighted by Crippen LogP contribution is -2.31. The number of rotatable bonds is 4. The number of likely N-dealkylation sites (N-methyl/N-ethyl adjacent to an activating group) is 1. The van der Waals surface area contributed by atoms with Gasteiger partial charge in [-0.15, -0.1) is 0 Å². The Bertz CT molecular complexity index is 399. The van der Waals surface area contributed by atoms with Crippen LogP contribution in [0.5, 0.6) is 0 Å². The summed E-state index contributed by atoms with van der Waals surface area (Å²) in [4.78, 5) is 11.4. The molecule has 0 aliphatic heterocycles. The van der Waals surface area contributed by atoms with Crippen molar-refractivity contribution in [2.45, 2.75) is 0 Å². The lowest BCUT2D eigenvalue weighted by atomic mass is 10.2. The Morgan fingerprint density at radius 3 is 2.62 bits per heavy atom. The van der Waals surface area contributed by atoms with Crippen molar-refractivity contribution < 1.29 is 13.6 Å². The highest BCUT2D eigenvalue weighted by molar-refractivity contribution is 6.30. The summed E-state index contributed by atoms with van der Waals surface area (Å²) in [5.41, 5.74) is -0.349. The smallest absolute Gasteiger partial charge is 0.254 e. The minimum absolute atomic E-state index is 0.332. The van der Waals surface area contributed by atoms with Gasteiger partial charge in [0.2, 0.25) is 0 Å². The van der Waals surface area contributed by atoms with Gasteiger partial charge in [-0.2, -0.15) is 0 Å². The molecule has 1 aromatic carbocycles. The van der Waals surface area contributed by atoms with Gasteiger partial charge in [-0.25, -0.2) is 8.78 Å². The van der Waals surface area contributed by atoms with E-state index in [2.05, 4.69) is 10.6 Å². The van der Waals surface area contributed by atoms with Crippen molar-refractivity contribution >= 4 is 17.5 Å². The second kappa shape index (κ2) is 5.77. The average Bonchev–Trinajstić information content (AvgIpc) is 2.23. The van der Waals surface area contributed by atoms with Gasteiger partial charge in [0, 0.05) is 13.1 Å². The molecule has 0 aromatic heterocycles. The minimum Gasteiger partial charge on any atom is -0.351 e. The van der Waals surface area contributed by atoms with E-state index in [1.807, 2.05) is 0 Å². The van der Waals surface area contributed by atoms with Crippen molar-refractivity contribution in [1.29, 1.82) is 0 Å². The van der Waals surface area contributed by atoms with E-state index in [1.165, 1.54) is 0 Å². The minimum atomic E-state index is -0.839. The Balaban J connectivity index is 2.79. The molecule has 0 saturated carbocycles. The maximum Gasteiger partial charge on any atom is 0.254 e. The molecule has 0 bridgehead atoms. The van der Waals surface area contributed by atoms with Crippen LogP contribution in [0.15, 0.2) is 12.1 Å². The van der Waals surface area contributed by atoms with Crippen molar-refractivity contribution in [3.05, 3.63) is 34.4 Å². The first kappa shape index (κ1) is 12.9. The van der Waals surface area contributed by atoms with Crippen LogP contribution in [0.3, 0.4) is 0 Å². The van der Waals surface area contributed by atoms with Crippen molar-refractivity contribution in [3.8, 4) is 0 Å². The molecule has 0 aliphatic carbocycles. The predicted molar refractivity (Wildman–Crippen MR) is 57.6 cm³/mol. The van der Waals surface area contributed by atoms with E-state index in [4.69, 9.17) is 11.6 Å². The first-order valence-electron chi connectivity index (χ1n) is 4.63. The highest BCUT2D eigenvalue weighted by atomic mass is 35.5. The summed E-state index contributed by atoms with van der Waals surface area (Å²) < 4.78 is 26.3. The number of hydrogen-bond donors (Lipinski definition) is 2. The summed E-state index contributed by atoms with van der Waals surface area (Å²) in [5.74, 6) is -2.32. The summed E-state index contributed by atoms with van der Waals surface area (Å²) in [6, 6.07) is 1.57. The van der Waals surface area contributed by atoms with E-state index in [0.717, 1.165) is 12.1 Å². The fourth-order valence-corrected chi connectivity index (χ4v) is 1.24. The molecule has 3 nitrogen and oxygen atoms in total. The van der Waals surface area contributed by atoms with Gasteiger partial charge in [0.1, 0.15) is 11.6 Å². The normalized spacial score (nSPS) is 10.2. The molecule has 1 rings (SSSR count). The summed E-state index contributed by atoms with van der Waals surface area (Å²) in [5, 5.41) is 4.90. The summed E-state index contributed by atoms with van der Waals surface area (Å²) in [7, 11) is 1.72. The van der Waals surface area contributed by atoms with E-state index in [0.29, 0.717) is 13.1 Å². The molecule has 6 heteroatoms. The van der Waals surface area contributed by atoms with Crippen molar-refractivity contribution in [3.63, 3.8) is 0 Å². The summed E-state index contributed by atoms with van der Waals surface area (Å²) in [6.07, 6.45) is 0. The quantitative estimate of drug-likeness (QED) is 0.627. The van der Waals surface area contributed by atoms with Gasteiger partial charge >= 0.3 is 0 Å². The first-order valence-corrected chi connectivity index (χ1v) is 5.01. The van der Waals surface area contributed by atoms with Crippen LogP contribution in [0, 0.1) is 11.6 Å². The monoisotopic (exact) mass is 248 g/mol. The molecule has 16 heavy (non-hydrogen) atoms. The van der Waals surface area contributed by atoms with Crippen LogP contribution in [0.4, 0.5) is 8.78 Å². The first-order chi connectivity index (χ1) is 7.56. The third kappa shape index (κ3) is 3.15. The molecule has 0 heterocycles. The van der Waals surface area contributed by atoms with Crippen LogP contribution < -0.4 is 10.6 Å². The fourth-order valence-electron chi connectivity index (χ4n) is 1.09. The molecule has 0 saturated heterocycles. The fraction of sp³-hybridized carbons (Fsp3) is 0.300. The third-order valence-electron chi connectivity index (χ3n) is 1.92. The molecule has 0 fully saturated rings. The van der Waals surface area contributed by atoms with Crippen LogP contribution in [0.25, 0.3) is 0 Å². The highest BCUT2D eigenvalue weighted by Gasteiger charge is 2.14. The van der Waals surface area contributed by atoms with Crippen LogP contribution >= 0.6 is 11.6 Å². The maximum absolute atomic E-state index is 13.3. The van der Waals surface area contributed by atoms with Gasteiger partial charge in [0.25, 0.3) is 5.91 Å². The molecule has 0 unspecified atom stereocenters. The largest absolute Gasteiger partial charge is 0.351 e. The number of hydrogen-bond acceptors (Lipinski definition) is 2. The molecular weight excluding hydrogens is 238 g/mol. The Kier molecular flexibility index (Phi) is 4.64. The van der Waals surface area contributed by atoms with Crippen LogP contribution in [-0.2, 0) is 0 Å². The van der Waals surface area contributed by atoms with E-state index in [1.54, 1.807) is 7.05 Å². The Morgan fingerprint density at radius 2 is 2.00 bits per heavy atom. The number of benzene rings is 1. The molecule has 0 radical (unpaired) electrons. The van der Waals surface area contributed by atoms with Crippen LogP contribution in [0.2, 0.25) is 5.02 Å². The Morgan fingerprint density at radius 1 is 1.31 bits per heavy atom. The standard InChI is InChI=1S/C10H11ClF2N2O/c1-14-2-3-15-10(16)6-4-9(13)7(11)5-8(6)12/h4-5,14H,2-3H2,1H3,(H,15,16). The summed E-state index contributed by atoms with van der Waals surface area (Å²) >= 11 is 5.36. The van der Waals surface area contributed by atoms with Gasteiger partial charge in [-0.1, -0.05) is 11.6 Å². The van der Waals surface area contributed by atoms with Crippen molar-refractivity contribution in [2.24, 2.45) is 0 Å². The van der Waals surface area contributed by atoms with Gasteiger partial charge in [0.05, 0.1) is 10.6 Å². The number of carbonyl (C=O) groups is 1. The van der Waals surface area contributed by atoms with Crippen molar-refractivity contribution in [1.82, 2.24) is 10.6 Å². The number of carbonyl (C=O) groups excluding carboxylic acids is 1. The van der Waals surface area contributed by atoms with Gasteiger partial charge in [-0.3, -0.25) is 4.79 Å². The highest BCUT2D eigenvalue weighted by Crippen LogP contribution is 2.19.